The van der Waals surface area contributed by atoms with Gasteiger partial charge in [0.25, 0.3) is 0 Å². The molecule has 0 radical (unpaired) electrons. The molecule has 0 unspecified atom stereocenters. The Bertz CT molecular complexity index is 1060. The molecule has 2 atom stereocenters. The van der Waals surface area contributed by atoms with Crippen molar-refractivity contribution in [3.05, 3.63) is 68.3 Å². The fraction of sp³-hybridized carbons (Fsp3) is 0.211. The number of aromatic nitrogens is 2. The second kappa shape index (κ2) is 8.38. The number of nitrogens with one attached hydrogen (secondary N) is 1. The van der Waals surface area contributed by atoms with E-state index in [4.69, 9.17) is 45.8 Å². The van der Waals surface area contributed by atoms with E-state index in [1.165, 1.54) is 0 Å². The molecule has 0 amide bonds. The van der Waals surface area contributed by atoms with E-state index < -0.39 is 12.1 Å². The van der Waals surface area contributed by atoms with Crippen molar-refractivity contribution in [1.29, 1.82) is 0 Å². The van der Waals surface area contributed by atoms with Crippen molar-refractivity contribution in [2.75, 3.05) is 5.32 Å². The van der Waals surface area contributed by atoms with Gasteiger partial charge in [0.1, 0.15) is 6.04 Å². The molecular formula is C19H15Cl3N4O2. The molecule has 0 aliphatic rings. The minimum atomic E-state index is -0.846. The van der Waals surface area contributed by atoms with Gasteiger partial charge in [0.15, 0.2) is 0 Å². The summed E-state index contributed by atoms with van der Waals surface area (Å²) in [5.74, 6) is 0.444. The Morgan fingerprint density at radius 1 is 1.14 bits per heavy atom. The van der Waals surface area contributed by atoms with E-state index in [1.807, 2.05) is 0 Å². The molecule has 0 aliphatic carbocycles. The summed E-state index contributed by atoms with van der Waals surface area (Å²) >= 11 is 18.2. The Balaban J connectivity index is 1.92. The molecule has 9 heteroatoms. The van der Waals surface area contributed by atoms with E-state index in [2.05, 4.69) is 20.4 Å². The van der Waals surface area contributed by atoms with Gasteiger partial charge in [-0.2, -0.15) is 0 Å². The predicted octanol–water partition coefficient (Wildman–Crippen LogP) is 6.09. The minimum absolute atomic E-state index is 0.195. The number of anilines is 1. The topological polar surface area (TPSA) is 75.5 Å². The van der Waals surface area contributed by atoms with Crippen molar-refractivity contribution in [2.24, 2.45) is 0 Å². The monoisotopic (exact) mass is 436 g/mol. The Morgan fingerprint density at radius 3 is 2.54 bits per heavy atom. The standard InChI is InChI=1S/C19H15Cl3N4O2/c1-9-14(6-7-15(23-3)16(9)22)24-17(10(2)27)19-26-25-18(28-19)11-4-5-12(20)13(21)8-11/h4-8,10,17,24,27H,1-2H3/t10-,17+/m0/s1. The summed E-state index contributed by atoms with van der Waals surface area (Å²) in [6.07, 6.45) is -0.846. The molecule has 28 heavy (non-hydrogen) atoms. The lowest BCUT2D eigenvalue weighted by atomic mass is 10.1. The maximum absolute atomic E-state index is 10.2. The second-order valence-corrected chi connectivity index (χ2v) is 7.31. The second-order valence-electron chi connectivity index (χ2n) is 6.12. The van der Waals surface area contributed by atoms with Gasteiger partial charge in [0, 0.05) is 11.3 Å². The number of hydrogen-bond donors (Lipinski definition) is 2. The van der Waals surface area contributed by atoms with Gasteiger partial charge in [-0.05, 0) is 43.7 Å². The number of aliphatic hydroxyl groups is 1. The van der Waals surface area contributed by atoms with Gasteiger partial charge >= 0.3 is 0 Å². The molecule has 0 saturated heterocycles. The van der Waals surface area contributed by atoms with Gasteiger partial charge in [-0.15, -0.1) is 10.2 Å². The van der Waals surface area contributed by atoms with Crippen LogP contribution < -0.4 is 5.32 Å². The molecule has 0 aliphatic heterocycles. The summed E-state index contributed by atoms with van der Waals surface area (Å²) < 4.78 is 5.75. The van der Waals surface area contributed by atoms with Crippen LogP contribution in [0.2, 0.25) is 15.1 Å². The van der Waals surface area contributed by atoms with Crippen LogP contribution in [0.15, 0.2) is 34.7 Å². The molecule has 3 aromatic rings. The highest BCUT2D eigenvalue weighted by Gasteiger charge is 2.25. The minimum Gasteiger partial charge on any atom is -0.418 e. The zero-order chi connectivity index (χ0) is 20.4. The van der Waals surface area contributed by atoms with Crippen molar-refractivity contribution in [3.63, 3.8) is 0 Å². The predicted molar refractivity (Wildman–Crippen MR) is 110 cm³/mol. The number of rotatable bonds is 5. The molecule has 0 saturated carbocycles. The van der Waals surface area contributed by atoms with Crippen molar-refractivity contribution in [3.8, 4) is 11.5 Å². The number of benzene rings is 2. The number of halogens is 3. The highest BCUT2D eigenvalue weighted by molar-refractivity contribution is 6.42. The van der Waals surface area contributed by atoms with E-state index in [1.54, 1.807) is 44.2 Å². The van der Waals surface area contributed by atoms with Crippen LogP contribution >= 0.6 is 34.8 Å². The molecule has 0 fully saturated rings. The van der Waals surface area contributed by atoms with Crippen LogP contribution in [0, 0.1) is 13.5 Å². The lowest BCUT2D eigenvalue weighted by Crippen LogP contribution is -2.23. The molecule has 2 N–H and O–H groups in total. The van der Waals surface area contributed by atoms with E-state index in [0.717, 1.165) is 0 Å². The molecular weight excluding hydrogens is 423 g/mol. The molecule has 0 spiro atoms. The third-order valence-corrected chi connectivity index (χ3v) is 5.37. The summed E-state index contributed by atoms with van der Waals surface area (Å²) in [5.41, 5.74) is 2.30. The zero-order valence-electron chi connectivity index (χ0n) is 14.9. The summed E-state index contributed by atoms with van der Waals surface area (Å²) in [7, 11) is 0. The van der Waals surface area contributed by atoms with Crippen molar-refractivity contribution in [1.82, 2.24) is 10.2 Å². The highest BCUT2D eigenvalue weighted by atomic mass is 35.5. The molecule has 1 heterocycles. The molecule has 144 valence electrons. The van der Waals surface area contributed by atoms with Gasteiger partial charge in [-0.3, -0.25) is 0 Å². The van der Waals surface area contributed by atoms with Crippen LogP contribution in [0.25, 0.3) is 16.3 Å². The van der Waals surface area contributed by atoms with Crippen LogP contribution in [0.4, 0.5) is 11.4 Å². The summed E-state index contributed by atoms with van der Waals surface area (Å²) in [5, 5.41) is 22.6. The molecule has 1 aromatic heterocycles. The van der Waals surface area contributed by atoms with Gasteiger partial charge in [0.2, 0.25) is 17.5 Å². The first-order chi connectivity index (χ1) is 13.3. The number of aliphatic hydroxyl groups excluding tert-OH is 1. The fourth-order valence-corrected chi connectivity index (χ4v) is 3.08. The average molecular weight is 438 g/mol. The SMILES string of the molecule is [C-]#[N+]c1ccc(N[C@@H](c2nnc(-c3ccc(Cl)c(Cl)c3)o2)[C@H](C)O)c(C)c1Cl. The lowest BCUT2D eigenvalue weighted by Gasteiger charge is -2.21. The van der Waals surface area contributed by atoms with E-state index in [-0.39, 0.29) is 11.8 Å². The van der Waals surface area contributed by atoms with Crippen LogP contribution in [-0.4, -0.2) is 21.4 Å². The van der Waals surface area contributed by atoms with E-state index in [0.29, 0.717) is 37.6 Å². The fourth-order valence-electron chi connectivity index (χ4n) is 2.58. The summed E-state index contributed by atoms with van der Waals surface area (Å²) in [6, 6.07) is 7.62. The van der Waals surface area contributed by atoms with Crippen LogP contribution in [-0.2, 0) is 0 Å². The quantitative estimate of drug-likeness (QED) is 0.472. The Labute approximate surface area is 176 Å². The summed E-state index contributed by atoms with van der Waals surface area (Å²) in [6.45, 7) is 10.5. The van der Waals surface area contributed by atoms with Gasteiger partial charge in [-0.1, -0.05) is 40.9 Å². The number of nitrogens with zero attached hydrogens (tertiary/aromatic N) is 3. The highest BCUT2D eigenvalue weighted by Crippen LogP contribution is 2.35. The van der Waals surface area contributed by atoms with Gasteiger partial charge < -0.3 is 14.8 Å². The van der Waals surface area contributed by atoms with E-state index >= 15 is 0 Å². The van der Waals surface area contributed by atoms with Crippen molar-refractivity contribution >= 4 is 46.2 Å². The van der Waals surface area contributed by atoms with Crippen LogP contribution in [0.1, 0.15) is 24.4 Å². The maximum Gasteiger partial charge on any atom is 0.247 e. The zero-order valence-corrected chi connectivity index (χ0v) is 17.1. The maximum atomic E-state index is 10.2. The third-order valence-electron chi connectivity index (χ3n) is 4.15. The van der Waals surface area contributed by atoms with E-state index in [9.17, 15) is 5.11 Å². The Kier molecular flexibility index (Phi) is 6.11. The summed E-state index contributed by atoms with van der Waals surface area (Å²) in [4.78, 5) is 3.37. The van der Waals surface area contributed by atoms with Gasteiger partial charge in [-0.25, -0.2) is 4.85 Å². The van der Waals surface area contributed by atoms with Crippen molar-refractivity contribution in [2.45, 2.75) is 26.0 Å². The molecule has 0 bridgehead atoms. The average Bonchev–Trinajstić information content (AvgIpc) is 3.14. The number of hydrogen-bond acceptors (Lipinski definition) is 5. The van der Waals surface area contributed by atoms with Gasteiger partial charge in [0.05, 0.1) is 27.7 Å². The van der Waals surface area contributed by atoms with Crippen LogP contribution in [0.3, 0.4) is 0 Å². The Morgan fingerprint density at radius 2 is 1.89 bits per heavy atom. The van der Waals surface area contributed by atoms with Crippen molar-refractivity contribution < 1.29 is 9.52 Å². The lowest BCUT2D eigenvalue weighted by molar-refractivity contribution is 0.159. The Hall–Kier alpha value is -2.30. The third kappa shape index (κ3) is 4.08. The first-order valence-corrected chi connectivity index (χ1v) is 9.35. The molecule has 3 rings (SSSR count). The first-order valence-electron chi connectivity index (χ1n) is 8.21. The largest absolute Gasteiger partial charge is 0.418 e. The first kappa shape index (κ1) is 20.4. The normalized spacial score (nSPS) is 13.0. The molecule has 2 aromatic carbocycles. The smallest absolute Gasteiger partial charge is 0.247 e. The molecule has 6 nitrogen and oxygen atoms in total. The van der Waals surface area contributed by atoms with Crippen LogP contribution in [0.5, 0.6) is 0 Å².